The van der Waals surface area contributed by atoms with E-state index in [0.29, 0.717) is 0 Å². The molecule has 2 heteroatoms. The van der Waals surface area contributed by atoms with Crippen molar-refractivity contribution in [1.82, 2.24) is 9.55 Å². The number of imidazole rings is 1. The third-order valence-electron chi connectivity index (χ3n) is 3.35. The molecule has 0 spiro atoms. The summed E-state index contributed by atoms with van der Waals surface area (Å²) < 4.78 is 2.21. The van der Waals surface area contributed by atoms with Gasteiger partial charge >= 0.3 is 0 Å². The van der Waals surface area contributed by atoms with E-state index in [-0.39, 0.29) is 0 Å². The Morgan fingerprint density at radius 3 is 2.33 bits per heavy atom. The van der Waals surface area contributed by atoms with Gasteiger partial charge < -0.3 is 0 Å². The summed E-state index contributed by atoms with van der Waals surface area (Å²) in [5.41, 5.74) is 5.94. The summed E-state index contributed by atoms with van der Waals surface area (Å²) in [5.74, 6) is 1.03. The predicted octanol–water partition coefficient (Wildman–Crippen LogP) is 3.95. The summed E-state index contributed by atoms with van der Waals surface area (Å²) in [5, 5.41) is 0. The maximum absolute atomic E-state index is 4.67. The summed E-state index contributed by atoms with van der Waals surface area (Å²) in [7, 11) is 0. The van der Waals surface area contributed by atoms with Crippen molar-refractivity contribution in [2.24, 2.45) is 0 Å². The smallest absolute Gasteiger partial charge is 0.111 e. The van der Waals surface area contributed by atoms with Crippen LogP contribution >= 0.6 is 0 Å². The third-order valence-corrected chi connectivity index (χ3v) is 3.35. The fourth-order valence-corrected chi connectivity index (χ4v) is 2.38. The van der Waals surface area contributed by atoms with Gasteiger partial charge in [-0.3, -0.25) is 4.57 Å². The van der Waals surface area contributed by atoms with Gasteiger partial charge in [-0.2, -0.15) is 0 Å². The number of nitrogens with zero attached hydrogens (tertiary/aromatic N) is 2. The number of aryl methyl sites for hydroxylation is 3. The molecule has 2 aromatic carbocycles. The third kappa shape index (κ3) is 1.61. The van der Waals surface area contributed by atoms with Gasteiger partial charge in [-0.05, 0) is 44.5 Å². The van der Waals surface area contributed by atoms with Crippen LogP contribution in [0.1, 0.15) is 17.0 Å². The molecule has 0 aliphatic rings. The molecule has 90 valence electrons. The van der Waals surface area contributed by atoms with Crippen LogP contribution in [0.3, 0.4) is 0 Å². The highest BCUT2D eigenvalue weighted by molar-refractivity contribution is 5.81. The number of hydrogen-bond donors (Lipinski definition) is 0. The molecule has 0 amide bonds. The van der Waals surface area contributed by atoms with E-state index in [0.717, 1.165) is 11.3 Å². The minimum absolute atomic E-state index is 1.03. The zero-order chi connectivity index (χ0) is 12.7. The molecule has 18 heavy (non-hydrogen) atoms. The molecule has 3 rings (SSSR count). The van der Waals surface area contributed by atoms with Crippen LogP contribution in [0.15, 0.2) is 42.5 Å². The SMILES string of the molecule is Cc1ccc(-n2c(C)nc3c(C)cccc32)cc1. The monoisotopic (exact) mass is 236 g/mol. The fourth-order valence-electron chi connectivity index (χ4n) is 2.38. The zero-order valence-electron chi connectivity index (χ0n) is 10.9. The molecule has 0 fully saturated rings. The van der Waals surface area contributed by atoms with Gasteiger partial charge in [-0.15, -0.1) is 0 Å². The van der Waals surface area contributed by atoms with Crippen molar-refractivity contribution in [3.8, 4) is 5.69 Å². The van der Waals surface area contributed by atoms with Crippen LogP contribution in [-0.4, -0.2) is 9.55 Å². The minimum Gasteiger partial charge on any atom is -0.297 e. The quantitative estimate of drug-likeness (QED) is 0.625. The van der Waals surface area contributed by atoms with Gasteiger partial charge in [0.2, 0.25) is 0 Å². The molecule has 0 radical (unpaired) electrons. The molecule has 0 saturated carbocycles. The first-order valence-electron chi connectivity index (χ1n) is 6.18. The highest BCUT2D eigenvalue weighted by atomic mass is 15.1. The van der Waals surface area contributed by atoms with E-state index in [1.54, 1.807) is 0 Å². The largest absolute Gasteiger partial charge is 0.297 e. The van der Waals surface area contributed by atoms with E-state index < -0.39 is 0 Å². The Balaban J connectivity index is 2.32. The summed E-state index contributed by atoms with van der Waals surface area (Å²) in [6, 6.07) is 14.9. The lowest BCUT2D eigenvalue weighted by molar-refractivity contribution is 1.000. The average molecular weight is 236 g/mol. The first-order valence-corrected chi connectivity index (χ1v) is 6.18. The molecule has 0 saturated heterocycles. The number of rotatable bonds is 1. The Bertz CT molecular complexity index is 706. The number of aromatic nitrogens is 2. The normalized spacial score (nSPS) is 11.1. The van der Waals surface area contributed by atoms with Crippen LogP contribution in [-0.2, 0) is 0 Å². The van der Waals surface area contributed by atoms with E-state index in [9.17, 15) is 0 Å². The number of para-hydroxylation sites is 1. The Morgan fingerprint density at radius 2 is 1.61 bits per heavy atom. The van der Waals surface area contributed by atoms with Gasteiger partial charge in [0.1, 0.15) is 5.82 Å². The Hall–Kier alpha value is -2.09. The van der Waals surface area contributed by atoms with E-state index in [2.05, 4.69) is 72.8 Å². The van der Waals surface area contributed by atoms with E-state index in [1.165, 1.54) is 22.3 Å². The number of benzene rings is 2. The lowest BCUT2D eigenvalue weighted by Gasteiger charge is -2.07. The molecule has 0 N–H and O–H groups in total. The van der Waals surface area contributed by atoms with Crippen LogP contribution < -0.4 is 0 Å². The molecule has 0 unspecified atom stereocenters. The number of fused-ring (bicyclic) bond motifs is 1. The predicted molar refractivity (Wildman–Crippen MR) is 75.3 cm³/mol. The van der Waals surface area contributed by atoms with Crippen LogP contribution in [0.5, 0.6) is 0 Å². The summed E-state index contributed by atoms with van der Waals surface area (Å²) in [4.78, 5) is 4.67. The van der Waals surface area contributed by atoms with Crippen molar-refractivity contribution < 1.29 is 0 Å². The second-order valence-electron chi connectivity index (χ2n) is 4.77. The average Bonchev–Trinajstić information content (AvgIpc) is 2.69. The fraction of sp³-hybridized carbons (Fsp3) is 0.188. The molecule has 0 aliphatic heterocycles. The highest BCUT2D eigenvalue weighted by Gasteiger charge is 2.09. The molecular weight excluding hydrogens is 220 g/mol. The maximum atomic E-state index is 4.67. The van der Waals surface area contributed by atoms with Crippen LogP contribution in [0.2, 0.25) is 0 Å². The first-order chi connectivity index (χ1) is 8.66. The standard InChI is InChI=1S/C16H16N2/c1-11-7-9-14(10-8-11)18-13(3)17-16-12(2)5-4-6-15(16)18/h4-10H,1-3H3. The molecule has 2 nitrogen and oxygen atoms in total. The lowest BCUT2D eigenvalue weighted by Crippen LogP contribution is -1.96. The van der Waals surface area contributed by atoms with Crippen LogP contribution in [0.25, 0.3) is 16.7 Å². The van der Waals surface area contributed by atoms with Crippen molar-refractivity contribution in [2.45, 2.75) is 20.8 Å². The molecule has 3 aromatic rings. The molecule has 1 heterocycles. The second kappa shape index (κ2) is 3.98. The number of hydrogen-bond acceptors (Lipinski definition) is 1. The van der Waals surface area contributed by atoms with Crippen LogP contribution in [0.4, 0.5) is 0 Å². The van der Waals surface area contributed by atoms with Gasteiger partial charge in [0, 0.05) is 5.69 Å². The van der Waals surface area contributed by atoms with Gasteiger partial charge in [-0.25, -0.2) is 4.98 Å². The Morgan fingerprint density at radius 1 is 0.889 bits per heavy atom. The van der Waals surface area contributed by atoms with Crippen molar-refractivity contribution in [1.29, 1.82) is 0 Å². The van der Waals surface area contributed by atoms with E-state index >= 15 is 0 Å². The van der Waals surface area contributed by atoms with Crippen molar-refractivity contribution in [3.05, 3.63) is 59.4 Å². The zero-order valence-corrected chi connectivity index (χ0v) is 10.9. The minimum atomic E-state index is 1.03. The second-order valence-corrected chi connectivity index (χ2v) is 4.77. The van der Waals surface area contributed by atoms with Crippen molar-refractivity contribution >= 4 is 11.0 Å². The van der Waals surface area contributed by atoms with E-state index in [1.807, 2.05) is 0 Å². The van der Waals surface area contributed by atoms with Crippen LogP contribution in [0, 0.1) is 20.8 Å². The molecule has 0 atom stereocenters. The molecule has 0 bridgehead atoms. The Labute approximate surface area is 107 Å². The van der Waals surface area contributed by atoms with Gasteiger partial charge in [-0.1, -0.05) is 29.8 Å². The molecular formula is C16H16N2. The van der Waals surface area contributed by atoms with Gasteiger partial charge in [0.15, 0.2) is 0 Å². The van der Waals surface area contributed by atoms with Crippen molar-refractivity contribution in [3.63, 3.8) is 0 Å². The highest BCUT2D eigenvalue weighted by Crippen LogP contribution is 2.23. The summed E-state index contributed by atoms with van der Waals surface area (Å²) >= 11 is 0. The molecule has 0 aliphatic carbocycles. The first kappa shape index (κ1) is 11.0. The lowest BCUT2D eigenvalue weighted by atomic mass is 10.2. The van der Waals surface area contributed by atoms with E-state index in [4.69, 9.17) is 0 Å². The molecule has 1 aromatic heterocycles. The summed E-state index contributed by atoms with van der Waals surface area (Å²) in [6.07, 6.45) is 0. The summed E-state index contributed by atoms with van der Waals surface area (Å²) in [6.45, 7) is 6.26. The van der Waals surface area contributed by atoms with Gasteiger partial charge in [0.05, 0.1) is 11.0 Å². The van der Waals surface area contributed by atoms with Gasteiger partial charge in [0.25, 0.3) is 0 Å². The Kier molecular flexibility index (Phi) is 2.44. The maximum Gasteiger partial charge on any atom is 0.111 e. The topological polar surface area (TPSA) is 17.8 Å². The van der Waals surface area contributed by atoms with Crippen molar-refractivity contribution in [2.75, 3.05) is 0 Å².